The largest absolute Gasteiger partial charge is 0.573 e. The molecule has 0 aliphatic rings. The highest BCUT2D eigenvalue weighted by Crippen LogP contribution is 2.33. The second kappa shape index (κ2) is 10.7. The fraction of sp³-hybridized carbons (Fsp3) is 0.160. The molecule has 0 aliphatic heterocycles. The molecule has 0 spiro atoms. The molecule has 36 heavy (non-hydrogen) atoms. The van der Waals surface area contributed by atoms with Gasteiger partial charge in [-0.05, 0) is 53.1 Å². The molecule has 0 N–H and O–H groups in total. The molecule has 0 bridgehead atoms. The molecular formula is C25H20F3N3O4S. The summed E-state index contributed by atoms with van der Waals surface area (Å²) < 4.78 is 52.7. The number of aromatic nitrogens is 3. The predicted octanol–water partition coefficient (Wildman–Crippen LogP) is 5.84. The minimum absolute atomic E-state index is 0.0975. The van der Waals surface area contributed by atoms with Crippen LogP contribution in [0.2, 0.25) is 0 Å². The fourth-order valence-electron chi connectivity index (χ4n) is 3.31. The van der Waals surface area contributed by atoms with Crippen LogP contribution in [0.1, 0.15) is 16.1 Å². The normalized spacial score (nSPS) is 11.2. The lowest BCUT2D eigenvalue weighted by Gasteiger charge is -2.10. The van der Waals surface area contributed by atoms with Crippen LogP contribution in [-0.2, 0) is 11.3 Å². The molecule has 0 fully saturated rings. The second-order valence-electron chi connectivity index (χ2n) is 7.44. The Morgan fingerprint density at radius 3 is 2.03 bits per heavy atom. The third-order valence-electron chi connectivity index (χ3n) is 5.05. The summed E-state index contributed by atoms with van der Waals surface area (Å²) in [5, 5.41) is 8.67. The molecule has 11 heteroatoms. The van der Waals surface area contributed by atoms with Crippen molar-refractivity contribution in [3.8, 4) is 22.6 Å². The Labute approximate surface area is 208 Å². The van der Waals surface area contributed by atoms with Gasteiger partial charge >= 0.3 is 12.3 Å². The van der Waals surface area contributed by atoms with Crippen LogP contribution in [0.15, 0.2) is 82.7 Å². The first-order chi connectivity index (χ1) is 17.3. The van der Waals surface area contributed by atoms with E-state index in [2.05, 4.69) is 15.0 Å². The zero-order chi connectivity index (χ0) is 25.7. The van der Waals surface area contributed by atoms with Crippen molar-refractivity contribution in [3.63, 3.8) is 0 Å². The van der Waals surface area contributed by atoms with Gasteiger partial charge in [0.05, 0.1) is 20.8 Å². The molecule has 4 aromatic rings. The van der Waals surface area contributed by atoms with Crippen molar-refractivity contribution < 1.29 is 32.2 Å². The lowest BCUT2D eigenvalue weighted by Crippen LogP contribution is -2.16. The zero-order valence-electron chi connectivity index (χ0n) is 19.2. The highest BCUT2D eigenvalue weighted by Gasteiger charge is 2.31. The van der Waals surface area contributed by atoms with Crippen molar-refractivity contribution in [1.29, 1.82) is 0 Å². The number of carbonyl (C=O) groups excluding carboxylic acids is 1. The van der Waals surface area contributed by atoms with Crippen LogP contribution in [0, 0.1) is 0 Å². The molecule has 0 saturated carbocycles. The van der Waals surface area contributed by atoms with Crippen LogP contribution in [0.25, 0.3) is 11.1 Å². The summed E-state index contributed by atoms with van der Waals surface area (Å²) in [6.07, 6.45) is -4.74. The second-order valence-corrected chi connectivity index (χ2v) is 8.50. The van der Waals surface area contributed by atoms with Gasteiger partial charge in [-0.2, -0.15) is 0 Å². The molecule has 0 amide bonds. The smallest absolute Gasteiger partial charge is 0.497 e. The van der Waals surface area contributed by atoms with Gasteiger partial charge in [0.2, 0.25) is 5.69 Å². The number of esters is 1. The maximum atomic E-state index is 12.4. The highest BCUT2D eigenvalue weighted by atomic mass is 32.2. The topological polar surface area (TPSA) is 75.5 Å². The van der Waals surface area contributed by atoms with Gasteiger partial charge in [-0.1, -0.05) is 53.4 Å². The SMILES string of the molecule is COC(=O)c1nnn(Cc2ccc(OC)cc2)c1Sc1ccc(-c2ccc(OC(F)(F)F)cc2)cc1. The Bertz CT molecular complexity index is 1320. The summed E-state index contributed by atoms with van der Waals surface area (Å²) in [4.78, 5) is 13.1. The third kappa shape index (κ3) is 6.16. The summed E-state index contributed by atoms with van der Waals surface area (Å²) in [5.74, 6) is -0.160. The van der Waals surface area contributed by atoms with E-state index in [1.165, 1.54) is 31.0 Å². The summed E-state index contributed by atoms with van der Waals surface area (Å²) >= 11 is 1.30. The van der Waals surface area contributed by atoms with Gasteiger partial charge in [0, 0.05) is 4.90 Å². The van der Waals surface area contributed by atoms with Crippen LogP contribution in [0.5, 0.6) is 11.5 Å². The molecular weight excluding hydrogens is 495 g/mol. The number of carbonyl (C=O) groups is 1. The average Bonchev–Trinajstić information content (AvgIpc) is 3.26. The zero-order valence-corrected chi connectivity index (χ0v) is 20.0. The summed E-state index contributed by atoms with van der Waals surface area (Å²) in [6, 6.07) is 20.4. The molecule has 1 aromatic heterocycles. The highest BCUT2D eigenvalue weighted by molar-refractivity contribution is 7.99. The molecule has 0 radical (unpaired) electrons. The number of benzene rings is 3. The third-order valence-corrected chi connectivity index (χ3v) is 6.16. The molecule has 186 valence electrons. The molecule has 3 aromatic carbocycles. The van der Waals surface area contributed by atoms with Gasteiger partial charge in [0.25, 0.3) is 0 Å². The maximum Gasteiger partial charge on any atom is 0.573 e. The summed E-state index contributed by atoms with van der Waals surface area (Å²) in [6.45, 7) is 0.376. The van der Waals surface area contributed by atoms with Crippen LogP contribution in [0.4, 0.5) is 13.2 Å². The standard InChI is InChI=1S/C25H20F3N3O4S/c1-33-19-9-3-16(4-10-19)15-31-23(22(29-30-31)24(32)34-2)36-21-13-7-18(8-14-21)17-5-11-20(12-6-17)35-25(26,27)28/h3-14H,15H2,1-2H3. The van der Waals surface area contributed by atoms with Crippen molar-refractivity contribution in [3.05, 3.63) is 84.1 Å². The molecule has 4 rings (SSSR count). The number of hydrogen-bond acceptors (Lipinski definition) is 7. The number of rotatable bonds is 8. The van der Waals surface area contributed by atoms with Gasteiger partial charge in [-0.15, -0.1) is 18.3 Å². The predicted molar refractivity (Wildman–Crippen MR) is 126 cm³/mol. The number of halogens is 3. The van der Waals surface area contributed by atoms with Gasteiger partial charge < -0.3 is 14.2 Å². The fourth-order valence-corrected chi connectivity index (χ4v) is 4.24. The van der Waals surface area contributed by atoms with E-state index in [4.69, 9.17) is 9.47 Å². The van der Waals surface area contributed by atoms with Gasteiger partial charge in [0.15, 0.2) is 0 Å². The summed E-state index contributed by atoms with van der Waals surface area (Å²) in [7, 11) is 2.87. The molecule has 0 atom stereocenters. The van der Waals surface area contributed by atoms with Crippen molar-refractivity contribution in [2.45, 2.75) is 22.8 Å². The first kappa shape index (κ1) is 25.1. The van der Waals surface area contributed by atoms with Gasteiger partial charge in [-0.3, -0.25) is 0 Å². The number of hydrogen-bond donors (Lipinski definition) is 0. The van der Waals surface area contributed by atoms with Crippen molar-refractivity contribution in [1.82, 2.24) is 15.0 Å². The Morgan fingerprint density at radius 2 is 1.47 bits per heavy atom. The molecule has 0 saturated heterocycles. The first-order valence-electron chi connectivity index (χ1n) is 10.5. The Kier molecular flexibility index (Phi) is 7.49. The van der Waals surface area contributed by atoms with E-state index in [1.807, 2.05) is 48.5 Å². The Hall–Kier alpha value is -3.99. The number of methoxy groups -OCH3 is 2. The van der Waals surface area contributed by atoms with E-state index < -0.39 is 12.3 Å². The van der Waals surface area contributed by atoms with Crippen molar-refractivity contribution >= 4 is 17.7 Å². The van der Waals surface area contributed by atoms with Crippen LogP contribution in [-0.4, -0.2) is 41.5 Å². The minimum atomic E-state index is -4.74. The number of ether oxygens (including phenoxy) is 3. The quantitative estimate of drug-likeness (QED) is 0.273. The number of alkyl halides is 3. The van der Waals surface area contributed by atoms with Gasteiger partial charge in [-0.25, -0.2) is 9.48 Å². The first-order valence-corrected chi connectivity index (χ1v) is 11.4. The van der Waals surface area contributed by atoms with E-state index in [1.54, 1.807) is 23.9 Å². The number of nitrogens with zero attached hydrogens (tertiary/aromatic N) is 3. The van der Waals surface area contributed by atoms with E-state index in [-0.39, 0.29) is 11.4 Å². The van der Waals surface area contributed by atoms with E-state index >= 15 is 0 Å². The van der Waals surface area contributed by atoms with E-state index in [9.17, 15) is 18.0 Å². The van der Waals surface area contributed by atoms with Crippen LogP contribution >= 0.6 is 11.8 Å². The van der Waals surface area contributed by atoms with E-state index in [0.29, 0.717) is 11.6 Å². The van der Waals surface area contributed by atoms with E-state index in [0.717, 1.165) is 27.3 Å². The maximum absolute atomic E-state index is 12.4. The Morgan fingerprint density at radius 1 is 0.889 bits per heavy atom. The molecule has 0 unspecified atom stereocenters. The molecule has 0 aliphatic carbocycles. The summed E-state index contributed by atoms with van der Waals surface area (Å²) in [5.41, 5.74) is 2.56. The minimum Gasteiger partial charge on any atom is -0.497 e. The Balaban J connectivity index is 1.54. The van der Waals surface area contributed by atoms with Crippen LogP contribution in [0.3, 0.4) is 0 Å². The van der Waals surface area contributed by atoms with Crippen molar-refractivity contribution in [2.75, 3.05) is 14.2 Å². The average molecular weight is 516 g/mol. The van der Waals surface area contributed by atoms with Crippen molar-refractivity contribution in [2.24, 2.45) is 0 Å². The van der Waals surface area contributed by atoms with Crippen LogP contribution < -0.4 is 9.47 Å². The molecule has 7 nitrogen and oxygen atoms in total. The molecule has 1 heterocycles. The lowest BCUT2D eigenvalue weighted by atomic mass is 10.1. The monoisotopic (exact) mass is 515 g/mol. The lowest BCUT2D eigenvalue weighted by molar-refractivity contribution is -0.274. The van der Waals surface area contributed by atoms with Gasteiger partial charge in [0.1, 0.15) is 16.5 Å².